The first-order valence-electron chi connectivity index (χ1n) is 9.55. The zero-order chi connectivity index (χ0) is 21.6. The van der Waals surface area contributed by atoms with Gasteiger partial charge in [0.15, 0.2) is 0 Å². The highest BCUT2D eigenvalue weighted by molar-refractivity contribution is 7.92. The van der Waals surface area contributed by atoms with Crippen molar-refractivity contribution in [3.05, 3.63) is 96.1 Å². The van der Waals surface area contributed by atoms with Crippen LogP contribution in [0.4, 0.5) is 5.69 Å². The van der Waals surface area contributed by atoms with Crippen molar-refractivity contribution in [3.63, 3.8) is 0 Å². The van der Waals surface area contributed by atoms with E-state index in [1.54, 1.807) is 37.3 Å². The fraction of sp³-hybridized carbons (Fsp3) is 0.174. The van der Waals surface area contributed by atoms with Crippen molar-refractivity contribution in [2.75, 3.05) is 10.9 Å². The average molecular weight is 425 g/mol. The number of anilines is 1. The summed E-state index contributed by atoms with van der Waals surface area (Å²) in [7, 11) is -3.94. The lowest BCUT2D eigenvalue weighted by Crippen LogP contribution is -2.35. The Morgan fingerprint density at radius 3 is 2.23 bits per heavy atom. The number of hydrogen-bond donors (Lipinski definition) is 2. The molecule has 1 amide bonds. The van der Waals surface area contributed by atoms with Crippen LogP contribution < -0.4 is 9.62 Å². The first kappa shape index (κ1) is 21.5. The molecular formula is C23H24N2O4S. The van der Waals surface area contributed by atoms with E-state index in [1.807, 2.05) is 36.4 Å². The lowest BCUT2D eigenvalue weighted by Gasteiger charge is -2.25. The molecule has 3 rings (SSSR count). The third-order valence-corrected chi connectivity index (χ3v) is 6.32. The van der Waals surface area contributed by atoms with Crippen LogP contribution in [0.5, 0.6) is 0 Å². The Labute approximate surface area is 176 Å². The van der Waals surface area contributed by atoms with Crippen molar-refractivity contribution in [1.82, 2.24) is 5.32 Å². The van der Waals surface area contributed by atoms with Gasteiger partial charge in [0.2, 0.25) is 0 Å². The van der Waals surface area contributed by atoms with E-state index in [2.05, 4.69) is 5.32 Å². The van der Waals surface area contributed by atoms with Crippen molar-refractivity contribution >= 4 is 21.6 Å². The van der Waals surface area contributed by atoms with Crippen LogP contribution in [-0.4, -0.2) is 32.1 Å². The van der Waals surface area contributed by atoms with Crippen LogP contribution in [0.3, 0.4) is 0 Å². The summed E-state index contributed by atoms with van der Waals surface area (Å²) < 4.78 is 28.4. The topological polar surface area (TPSA) is 86.7 Å². The average Bonchev–Trinajstić information content (AvgIpc) is 2.78. The lowest BCUT2D eigenvalue weighted by molar-refractivity contribution is 0.0922. The fourth-order valence-corrected chi connectivity index (χ4v) is 4.44. The molecule has 3 aromatic carbocycles. The highest BCUT2D eigenvalue weighted by Crippen LogP contribution is 2.26. The second kappa shape index (κ2) is 9.56. The minimum Gasteiger partial charge on any atom is -0.394 e. The van der Waals surface area contributed by atoms with E-state index in [-0.39, 0.29) is 23.6 Å². The van der Waals surface area contributed by atoms with Crippen molar-refractivity contribution in [1.29, 1.82) is 0 Å². The number of sulfonamides is 1. The maximum atomic E-state index is 13.5. The molecule has 0 heterocycles. The van der Waals surface area contributed by atoms with Gasteiger partial charge >= 0.3 is 0 Å². The second-order valence-electron chi connectivity index (χ2n) is 6.92. The number of aliphatic hydroxyl groups excluding tert-OH is 1. The van der Waals surface area contributed by atoms with Crippen LogP contribution in [0.15, 0.2) is 89.8 Å². The summed E-state index contributed by atoms with van der Waals surface area (Å²) in [5.74, 6) is -0.442. The van der Waals surface area contributed by atoms with Crippen LogP contribution in [0.25, 0.3) is 0 Å². The van der Waals surface area contributed by atoms with Gasteiger partial charge in [0.1, 0.15) is 0 Å². The predicted octanol–water partition coefficient (Wildman–Crippen LogP) is 3.19. The van der Waals surface area contributed by atoms with E-state index in [4.69, 9.17) is 5.11 Å². The molecule has 0 aliphatic heterocycles. The molecule has 0 aliphatic carbocycles. The largest absolute Gasteiger partial charge is 0.394 e. The normalized spacial score (nSPS) is 12.2. The van der Waals surface area contributed by atoms with Crippen molar-refractivity contribution in [2.45, 2.75) is 24.4 Å². The van der Waals surface area contributed by atoms with Crippen LogP contribution in [0.1, 0.15) is 22.8 Å². The highest BCUT2D eigenvalue weighted by Gasteiger charge is 2.26. The minimum atomic E-state index is -3.94. The summed E-state index contributed by atoms with van der Waals surface area (Å²) >= 11 is 0. The maximum absolute atomic E-state index is 13.5. The molecule has 0 aromatic heterocycles. The van der Waals surface area contributed by atoms with Crippen molar-refractivity contribution in [2.24, 2.45) is 0 Å². The molecule has 30 heavy (non-hydrogen) atoms. The van der Waals surface area contributed by atoms with Gasteiger partial charge in [0.05, 0.1) is 23.7 Å². The van der Waals surface area contributed by atoms with Crippen LogP contribution in [0.2, 0.25) is 0 Å². The van der Waals surface area contributed by atoms with Gasteiger partial charge in [-0.25, -0.2) is 8.42 Å². The van der Waals surface area contributed by atoms with Crippen molar-refractivity contribution < 1.29 is 18.3 Å². The van der Waals surface area contributed by atoms with Crippen LogP contribution >= 0.6 is 0 Å². The van der Waals surface area contributed by atoms with Gasteiger partial charge in [-0.1, -0.05) is 54.6 Å². The van der Waals surface area contributed by atoms with E-state index >= 15 is 0 Å². The number of carbonyl (C=O) groups is 1. The second-order valence-corrected chi connectivity index (χ2v) is 8.78. The molecule has 1 unspecified atom stereocenters. The molecule has 1 atom stereocenters. The number of aliphatic hydroxyl groups is 1. The molecule has 0 spiro atoms. The minimum absolute atomic E-state index is 0.0200. The monoisotopic (exact) mass is 424 g/mol. The van der Waals surface area contributed by atoms with E-state index < -0.39 is 22.0 Å². The Kier molecular flexibility index (Phi) is 6.87. The summed E-state index contributed by atoms with van der Waals surface area (Å²) in [5.41, 5.74) is 1.59. The number of rotatable bonds is 8. The highest BCUT2D eigenvalue weighted by atomic mass is 32.2. The van der Waals surface area contributed by atoms with E-state index in [1.165, 1.54) is 22.5 Å². The van der Waals surface area contributed by atoms with Gasteiger partial charge in [-0.3, -0.25) is 9.10 Å². The summed E-state index contributed by atoms with van der Waals surface area (Å²) in [6.45, 7) is 1.61. The fourth-order valence-electron chi connectivity index (χ4n) is 2.94. The van der Waals surface area contributed by atoms with Crippen LogP contribution in [0, 0.1) is 0 Å². The number of nitrogens with one attached hydrogen (secondary N) is 1. The number of carbonyl (C=O) groups excluding carboxylic acids is 1. The molecule has 3 aromatic rings. The van der Waals surface area contributed by atoms with Gasteiger partial charge in [-0.05, 0) is 42.8 Å². The lowest BCUT2D eigenvalue weighted by atomic mass is 10.2. The molecule has 0 aliphatic rings. The smallest absolute Gasteiger partial charge is 0.264 e. The molecule has 0 saturated heterocycles. The molecule has 7 heteroatoms. The summed E-state index contributed by atoms with van der Waals surface area (Å²) in [6.07, 6.45) is 0. The molecule has 0 bridgehead atoms. The zero-order valence-corrected chi connectivity index (χ0v) is 17.4. The van der Waals surface area contributed by atoms with Gasteiger partial charge in [-0.15, -0.1) is 0 Å². The van der Waals surface area contributed by atoms with Gasteiger partial charge in [-0.2, -0.15) is 0 Å². The number of nitrogens with zero attached hydrogens (tertiary/aromatic N) is 1. The molecular weight excluding hydrogens is 400 g/mol. The predicted molar refractivity (Wildman–Crippen MR) is 117 cm³/mol. The molecule has 0 saturated carbocycles. The Morgan fingerprint density at radius 1 is 0.967 bits per heavy atom. The molecule has 156 valence electrons. The Morgan fingerprint density at radius 2 is 1.60 bits per heavy atom. The summed E-state index contributed by atoms with van der Waals surface area (Å²) in [6, 6.07) is 23.7. The zero-order valence-electron chi connectivity index (χ0n) is 16.6. The van der Waals surface area contributed by atoms with E-state index in [0.717, 1.165) is 5.56 Å². The summed E-state index contributed by atoms with van der Waals surface area (Å²) in [5, 5.41) is 11.8. The Bertz CT molecular complexity index is 1090. The quantitative estimate of drug-likeness (QED) is 0.581. The van der Waals surface area contributed by atoms with Crippen LogP contribution in [-0.2, 0) is 16.6 Å². The van der Waals surface area contributed by atoms with E-state index in [0.29, 0.717) is 5.69 Å². The molecule has 0 fully saturated rings. The Balaban J connectivity index is 1.99. The number of benzene rings is 3. The van der Waals surface area contributed by atoms with E-state index in [9.17, 15) is 13.2 Å². The third kappa shape index (κ3) is 5.06. The number of para-hydroxylation sites is 1. The number of hydrogen-bond acceptors (Lipinski definition) is 4. The summed E-state index contributed by atoms with van der Waals surface area (Å²) in [4.78, 5) is 12.4. The maximum Gasteiger partial charge on any atom is 0.264 e. The molecule has 6 nitrogen and oxygen atoms in total. The first-order valence-corrected chi connectivity index (χ1v) is 11.0. The third-order valence-electron chi connectivity index (χ3n) is 4.55. The van der Waals surface area contributed by atoms with Gasteiger partial charge < -0.3 is 10.4 Å². The first-order chi connectivity index (χ1) is 14.4. The standard InChI is InChI=1S/C23H24N2O4S/c1-18(17-26)24-23(27)20-11-8-14-22(15-20)30(28,29)25(21-12-6-3-7-13-21)16-19-9-4-2-5-10-19/h2-15,18,26H,16-17H2,1H3,(H,24,27). The van der Waals surface area contributed by atoms with Crippen molar-refractivity contribution in [3.8, 4) is 0 Å². The Hall–Kier alpha value is -3.16. The number of amides is 1. The molecule has 2 N–H and O–H groups in total. The van der Waals surface area contributed by atoms with Gasteiger partial charge in [0.25, 0.3) is 15.9 Å². The molecule has 0 radical (unpaired) electrons. The SMILES string of the molecule is CC(CO)NC(=O)c1cccc(S(=O)(=O)N(Cc2ccccc2)c2ccccc2)c1. The van der Waals surface area contributed by atoms with Gasteiger partial charge in [0, 0.05) is 11.6 Å².